The highest BCUT2D eigenvalue weighted by atomic mass is 35.5. The van der Waals surface area contributed by atoms with Gasteiger partial charge in [0.05, 0.1) is 16.9 Å². The van der Waals surface area contributed by atoms with Crippen LogP contribution >= 0.6 is 11.6 Å². The number of rotatable bonds is 5. The fraction of sp³-hybridized carbons (Fsp3) is 0.231. The van der Waals surface area contributed by atoms with Gasteiger partial charge in [0.1, 0.15) is 6.54 Å². The van der Waals surface area contributed by atoms with Crippen molar-refractivity contribution in [3.63, 3.8) is 0 Å². The summed E-state index contributed by atoms with van der Waals surface area (Å²) < 4.78 is 1.52. The molecule has 0 spiro atoms. The Bertz CT molecular complexity index is 569. The lowest BCUT2D eigenvalue weighted by molar-refractivity contribution is -0.116. The standard InChI is InChI=1S/C13H14ClN3O2/c14-11-3-1-2-4-12(11)16-13(19)9-17-8-10(5-6-18)7-15-17/h1-4,7-8,18H,5-6,9H2,(H,16,19). The summed E-state index contributed by atoms with van der Waals surface area (Å²) in [4.78, 5) is 11.8. The van der Waals surface area contributed by atoms with Gasteiger partial charge in [0, 0.05) is 12.8 Å². The molecule has 0 saturated carbocycles. The Morgan fingerprint density at radius 1 is 1.42 bits per heavy atom. The summed E-state index contributed by atoms with van der Waals surface area (Å²) in [5.41, 5.74) is 1.48. The molecule has 2 rings (SSSR count). The zero-order valence-electron chi connectivity index (χ0n) is 10.2. The number of carbonyl (C=O) groups excluding carboxylic acids is 1. The van der Waals surface area contributed by atoms with Gasteiger partial charge in [-0.2, -0.15) is 5.10 Å². The van der Waals surface area contributed by atoms with Crippen molar-refractivity contribution in [3.05, 3.63) is 47.2 Å². The number of nitrogens with one attached hydrogen (secondary N) is 1. The van der Waals surface area contributed by atoms with Crippen LogP contribution in [0.2, 0.25) is 5.02 Å². The van der Waals surface area contributed by atoms with E-state index in [-0.39, 0.29) is 19.1 Å². The molecule has 1 heterocycles. The van der Waals surface area contributed by atoms with Crippen LogP contribution < -0.4 is 5.32 Å². The number of nitrogens with zero attached hydrogens (tertiary/aromatic N) is 2. The van der Waals surface area contributed by atoms with E-state index >= 15 is 0 Å². The maximum atomic E-state index is 11.8. The van der Waals surface area contributed by atoms with E-state index in [2.05, 4.69) is 10.4 Å². The van der Waals surface area contributed by atoms with Crippen LogP contribution in [0.4, 0.5) is 5.69 Å². The van der Waals surface area contributed by atoms with Gasteiger partial charge >= 0.3 is 0 Å². The van der Waals surface area contributed by atoms with Crippen LogP contribution in [0.3, 0.4) is 0 Å². The van der Waals surface area contributed by atoms with Crippen molar-refractivity contribution in [3.8, 4) is 0 Å². The molecule has 0 bridgehead atoms. The van der Waals surface area contributed by atoms with Crippen molar-refractivity contribution in [2.24, 2.45) is 0 Å². The molecule has 6 heteroatoms. The summed E-state index contributed by atoms with van der Waals surface area (Å²) in [5, 5.41) is 16.1. The van der Waals surface area contributed by atoms with Crippen molar-refractivity contribution in [1.82, 2.24) is 9.78 Å². The molecule has 2 aromatic rings. The highest BCUT2D eigenvalue weighted by Crippen LogP contribution is 2.20. The molecule has 100 valence electrons. The SMILES string of the molecule is O=C(Cn1cc(CCO)cn1)Nc1ccccc1Cl. The van der Waals surface area contributed by atoms with E-state index < -0.39 is 0 Å². The third kappa shape index (κ3) is 3.81. The van der Waals surface area contributed by atoms with Gasteiger partial charge in [-0.1, -0.05) is 23.7 Å². The molecule has 0 aliphatic carbocycles. The average Bonchev–Trinajstić information content (AvgIpc) is 2.80. The number of aliphatic hydroxyl groups is 1. The van der Waals surface area contributed by atoms with Crippen LogP contribution in [0.25, 0.3) is 0 Å². The molecule has 0 atom stereocenters. The molecular formula is C13H14ClN3O2. The molecule has 1 amide bonds. The summed E-state index contributed by atoms with van der Waals surface area (Å²) in [6.45, 7) is 0.175. The van der Waals surface area contributed by atoms with Crippen molar-refractivity contribution >= 4 is 23.2 Å². The van der Waals surface area contributed by atoms with Crippen molar-refractivity contribution in [2.45, 2.75) is 13.0 Å². The molecule has 0 saturated heterocycles. The van der Waals surface area contributed by atoms with E-state index in [1.165, 1.54) is 4.68 Å². The Hall–Kier alpha value is -1.85. The van der Waals surface area contributed by atoms with Gasteiger partial charge in [-0.15, -0.1) is 0 Å². The Balaban J connectivity index is 1.95. The predicted molar refractivity (Wildman–Crippen MR) is 73.1 cm³/mol. The lowest BCUT2D eigenvalue weighted by atomic mass is 10.3. The van der Waals surface area contributed by atoms with E-state index in [4.69, 9.17) is 16.7 Å². The van der Waals surface area contributed by atoms with Crippen LogP contribution in [-0.4, -0.2) is 27.4 Å². The van der Waals surface area contributed by atoms with Crippen LogP contribution in [0.5, 0.6) is 0 Å². The Morgan fingerprint density at radius 3 is 2.95 bits per heavy atom. The number of hydrogen-bond acceptors (Lipinski definition) is 3. The van der Waals surface area contributed by atoms with Crippen LogP contribution in [-0.2, 0) is 17.8 Å². The summed E-state index contributed by atoms with van der Waals surface area (Å²) in [6.07, 6.45) is 3.91. The van der Waals surface area contributed by atoms with Crippen LogP contribution in [0.15, 0.2) is 36.7 Å². The average molecular weight is 280 g/mol. The second-order valence-corrected chi connectivity index (χ2v) is 4.45. The third-order valence-electron chi connectivity index (χ3n) is 2.54. The van der Waals surface area contributed by atoms with E-state index in [1.807, 2.05) is 0 Å². The number of amides is 1. The van der Waals surface area contributed by atoms with Gasteiger partial charge in [-0.05, 0) is 24.1 Å². The zero-order chi connectivity index (χ0) is 13.7. The molecule has 0 radical (unpaired) electrons. The first kappa shape index (κ1) is 13.6. The van der Waals surface area contributed by atoms with Crippen molar-refractivity contribution in [2.75, 3.05) is 11.9 Å². The highest BCUT2D eigenvalue weighted by Gasteiger charge is 2.07. The lowest BCUT2D eigenvalue weighted by Gasteiger charge is -2.06. The van der Waals surface area contributed by atoms with Gasteiger partial charge in [0.25, 0.3) is 0 Å². The van der Waals surface area contributed by atoms with Gasteiger partial charge in [-0.3, -0.25) is 9.48 Å². The third-order valence-corrected chi connectivity index (χ3v) is 2.87. The topological polar surface area (TPSA) is 67.2 Å². The fourth-order valence-electron chi connectivity index (χ4n) is 1.65. The molecular weight excluding hydrogens is 266 g/mol. The first-order valence-electron chi connectivity index (χ1n) is 5.85. The molecule has 0 aliphatic heterocycles. The molecule has 1 aromatic heterocycles. The van der Waals surface area contributed by atoms with Crippen molar-refractivity contribution < 1.29 is 9.90 Å². The second-order valence-electron chi connectivity index (χ2n) is 4.05. The quantitative estimate of drug-likeness (QED) is 0.876. The number of para-hydroxylation sites is 1. The number of hydrogen-bond donors (Lipinski definition) is 2. The Kier molecular flexibility index (Phi) is 4.54. The second kappa shape index (κ2) is 6.36. The number of benzene rings is 1. The highest BCUT2D eigenvalue weighted by molar-refractivity contribution is 6.33. The fourth-order valence-corrected chi connectivity index (χ4v) is 1.83. The Morgan fingerprint density at radius 2 is 2.21 bits per heavy atom. The van der Waals surface area contributed by atoms with Crippen LogP contribution in [0, 0.1) is 0 Å². The minimum absolute atomic E-state index is 0.0670. The van der Waals surface area contributed by atoms with Gasteiger partial charge in [-0.25, -0.2) is 0 Å². The maximum Gasteiger partial charge on any atom is 0.246 e. The number of aromatic nitrogens is 2. The summed E-state index contributed by atoms with van der Waals surface area (Å²) in [5.74, 6) is -0.202. The summed E-state index contributed by atoms with van der Waals surface area (Å²) in [7, 11) is 0. The number of halogens is 1. The zero-order valence-corrected chi connectivity index (χ0v) is 11.0. The molecule has 5 nitrogen and oxygen atoms in total. The molecule has 19 heavy (non-hydrogen) atoms. The summed E-state index contributed by atoms with van der Waals surface area (Å²) >= 11 is 5.95. The minimum atomic E-state index is -0.202. The maximum absolute atomic E-state index is 11.8. The molecule has 1 aromatic carbocycles. The van der Waals surface area contributed by atoms with E-state index in [1.54, 1.807) is 36.7 Å². The number of anilines is 1. The van der Waals surface area contributed by atoms with E-state index in [0.29, 0.717) is 17.1 Å². The largest absolute Gasteiger partial charge is 0.396 e. The molecule has 0 unspecified atom stereocenters. The number of carbonyl (C=O) groups is 1. The van der Waals surface area contributed by atoms with E-state index in [9.17, 15) is 4.79 Å². The molecule has 0 fully saturated rings. The smallest absolute Gasteiger partial charge is 0.246 e. The lowest BCUT2D eigenvalue weighted by Crippen LogP contribution is -2.19. The monoisotopic (exact) mass is 279 g/mol. The van der Waals surface area contributed by atoms with Crippen LogP contribution in [0.1, 0.15) is 5.56 Å². The minimum Gasteiger partial charge on any atom is -0.396 e. The predicted octanol–water partition coefficient (Wildman–Crippen LogP) is 1.71. The van der Waals surface area contributed by atoms with Gasteiger partial charge < -0.3 is 10.4 Å². The molecule has 2 N–H and O–H groups in total. The first-order valence-corrected chi connectivity index (χ1v) is 6.23. The van der Waals surface area contributed by atoms with Gasteiger partial charge in [0.15, 0.2) is 0 Å². The number of aliphatic hydroxyl groups excluding tert-OH is 1. The Labute approximate surface area is 115 Å². The first-order chi connectivity index (χ1) is 9.19. The van der Waals surface area contributed by atoms with E-state index in [0.717, 1.165) is 5.56 Å². The summed E-state index contributed by atoms with van der Waals surface area (Å²) in [6, 6.07) is 7.05. The van der Waals surface area contributed by atoms with Crippen molar-refractivity contribution in [1.29, 1.82) is 0 Å². The van der Waals surface area contributed by atoms with Gasteiger partial charge in [0.2, 0.25) is 5.91 Å². The normalized spacial score (nSPS) is 10.4. The molecule has 0 aliphatic rings.